The highest BCUT2D eigenvalue weighted by atomic mass is 32.1. The summed E-state index contributed by atoms with van der Waals surface area (Å²) in [5.74, 6) is -0.113. The smallest absolute Gasteiger partial charge is 0.273 e. The van der Waals surface area contributed by atoms with Crippen molar-refractivity contribution >= 4 is 29.0 Å². The standard InChI is InChI=1S/C16H17N5O2S/c22-14(6-5-13-15(23)19-16(24)21-20-13)17-8-7-10-9-18-12-4-2-1-3-11(10)12/h1-4,9,18H,5-8H2,(H,17,22)(H2,19,21,23,24). The Kier molecular flexibility index (Phi) is 4.85. The highest BCUT2D eigenvalue weighted by Crippen LogP contribution is 2.17. The summed E-state index contributed by atoms with van der Waals surface area (Å²) < 4.78 is 0.173. The van der Waals surface area contributed by atoms with Crippen molar-refractivity contribution in [3.8, 4) is 0 Å². The molecule has 2 heterocycles. The molecular weight excluding hydrogens is 326 g/mol. The molecule has 24 heavy (non-hydrogen) atoms. The molecule has 0 aliphatic heterocycles. The van der Waals surface area contributed by atoms with Crippen LogP contribution in [-0.2, 0) is 17.6 Å². The van der Waals surface area contributed by atoms with E-state index < -0.39 is 0 Å². The van der Waals surface area contributed by atoms with E-state index in [2.05, 4.69) is 31.5 Å². The zero-order chi connectivity index (χ0) is 16.9. The molecule has 4 N–H and O–H groups in total. The summed E-state index contributed by atoms with van der Waals surface area (Å²) in [6.07, 6.45) is 3.18. The number of amides is 1. The molecule has 0 spiro atoms. The highest BCUT2D eigenvalue weighted by molar-refractivity contribution is 7.71. The predicted octanol–water partition coefficient (Wildman–Crippen LogP) is 1.60. The topological polar surface area (TPSA) is 106 Å². The van der Waals surface area contributed by atoms with E-state index in [9.17, 15) is 9.59 Å². The van der Waals surface area contributed by atoms with E-state index in [-0.39, 0.29) is 34.8 Å². The van der Waals surface area contributed by atoms with Crippen molar-refractivity contribution in [3.63, 3.8) is 0 Å². The Labute approximate surface area is 142 Å². The van der Waals surface area contributed by atoms with Gasteiger partial charge in [0.05, 0.1) is 0 Å². The Balaban J connectivity index is 1.49. The second kappa shape index (κ2) is 7.22. The fourth-order valence-electron chi connectivity index (χ4n) is 2.54. The van der Waals surface area contributed by atoms with Crippen LogP contribution in [-0.4, -0.2) is 32.6 Å². The number of H-pyrrole nitrogens is 3. The van der Waals surface area contributed by atoms with E-state index in [1.165, 1.54) is 10.9 Å². The molecule has 0 aliphatic carbocycles. The molecule has 0 radical (unpaired) electrons. The maximum absolute atomic E-state index is 11.9. The lowest BCUT2D eigenvalue weighted by atomic mass is 10.1. The first-order valence-corrected chi connectivity index (χ1v) is 8.04. The monoisotopic (exact) mass is 343 g/mol. The molecule has 8 heteroatoms. The first-order valence-electron chi connectivity index (χ1n) is 7.63. The number of aryl methyl sites for hydroxylation is 1. The van der Waals surface area contributed by atoms with Crippen molar-refractivity contribution in [3.05, 3.63) is 56.8 Å². The fraction of sp³-hybridized carbons (Fsp3) is 0.250. The molecule has 0 atom stereocenters. The molecule has 1 amide bonds. The van der Waals surface area contributed by atoms with Crippen molar-refractivity contribution in [2.75, 3.05) is 6.54 Å². The van der Waals surface area contributed by atoms with Crippen LogP contribution in [0.2, 0.25) is 0 Å². The Morgan fingerprint density at radius 1 is 1.25 bits per heavy atom. The maximum atomic E-state index is 11.9. The van der Waals surface area contributed by atoms with Gasteiger partial charge >= 0.3 is 0 Å². The Hall–Kier alpha value is -2.74. The molecule has 3 rings (SSSR count). The van der Waals surface area contributed by atoms with Crippen LogP contribution >= 0.6 is 12.2 Å². The molecule has 7 nitrogen and oxygen atoms in total. The minimum atomic E-state index is -0.356. The molecule has 1 aromatic carbocycles. The Morgan fingerprint density at radius 2 is 2.08 bits per heavy atom. The van der Waals surface area contributed by atoms with Gasteiger partial charge in [-0.05, 0) is 30.3 Å². The van der Waals surface area contributed by atoms with Gasteiger partial charge in [0.15, 0.2) is 4.77 Å². The minimum Gasteiger partial charge on any atom is -0.361 e. The van der Waals surface area contributed by atoms with Crippen molar-refractivity contribution < 1.29 is 4.79 Å². The van der Waals surface area contributed by atoms with Crippen LogP contribution in [0.5, 0.6) is 0 Å². The number of benzene rings is 1. The van der Waals surface area contributed by atoms with E-state index in [1.807, 2.05) is 24.4 Å². The average Bonchev–Trinajstić information content (AvgIpc) is 2.97. The predicted molar refractivity (Wildman–Crippen MR) is 93.4 cm³/mol. The number of hydrogen-bond donors (Lipinski definition) is 4. The van der Waals surface area contributed by atoms with Crippen molar-refractivity contribution in [1.82, 2.24) is 25.5 Å². The molecule has 0 saturated heterocycles. The second-order valence-corrected chi connectivity index (χ2v) is 5.82. The van der Waals surface area contributed by atoms with Gasteiger partial charge in [-0.15, -0.1) is 0 Å². The number of rotatable bonds is 6. The third-order valence-corrected chi connectivity index (χ3v) is 3.96. The lowest BCUT2D eigenvalue weighted by molar-refractivity contribution is -0.121. The summed E-state index contributed by atoms with van der Waals surface area (Å²) in [4.78, 5) is 29.2. The van der Waals surface area contributed by atoms with E-state index in [0.717, 1.165) is 11.9 Å². The lowest BCUT2D eigenvalue weighted by Crippen LogP contribution is -2.27. The average molecular weight is 343 g/mol. The van der Waals surface area contributed by atoms with Gasteiger partial charge in [-0.25, -0.2) is 0 Å². The van der Waals surface area contributed by atoms with Crippen LogP contribution in [0.1, 0.15) is 17.7 Å². The van der Waals surface area contributed by atoms with E-state index in [4.69, 9.17) is 12.2 Å². The van der Waals surface area contributed by atoms with Crippen LogP contribution in [0.15, 0.2) is 35.3 Å². The third kappa shape index (κ3) is 3.77. The Bertz CT molecular complexity index is 972. The summed E-state index contributed by atoms with van der Waals surface area (Å²) in [7, 11) is 0. The van der Waals surface area contributed by atoms with Crippen molar-refractivity contribution in [2.45, 2.75) is 19.3 Å². The zero-order valence-electron chi connectivity index (χ0n) is 12.9. The summed E-state index contributed by atoms with van der Waals surface area (Å²) in [5.41, 5.74) is 2.17. The zero-order valence-corrected chi connectivity index (χ0v) is 13.7. The molecule has 124 valence electrons. The molecule has 0 unspecified atom stereocenters. The first kappa shape index (κ1) is 16.1. The molecule has 3 aromatic rings. The van der Waals surface area contributed by atoms with Crippen molar-refractivity contribution in [1.29, 1.82) is 0 Å². The molecule has 2 aromatic heterocycles. The number of nitrogens with one attached hydrogen (secondary N) is 4. The van der Waals surface area contributed by atoms with E-state index in [1.54, 1.807) is 0 Å². The van der Waals surface area contributed by atoms with Crippen LogP contribution < -0.4 is 10.9 Å². The summed E-state index contributed by atoms with van der Waals surface area (Å²) in [6.45, 7) is 0.543. The fourth-order valence-corrected chi connectivity index (χ4v) is 2.68. The van der Waals surface area contributed by atoms with E-state index in [0.29, 0.717) is 6.54 Å². The first-order chi connectivity index (χ1) is 11.6. The number of fused-ring (bicyclic) bond motifs is 1. The molecule has 0 saturated carbocycles. The van der Waals surface area contributed by atoms with Gasteiger partial charge in [0, 0.05) is 36.5 Å². The number of aromatic amines is 3. The Morgan fingerprint density at radius 3 is 2.92 bits per heavy atom. The van der Waals surface area contributed by atoms with Crippen LogP contribution in [0, 0.1) is 4.77 Å². The van der Waals surface area contributed by atoms with Gasteiger partial charge in [0.25, 0.3) is 5.56 Å². The van der Waals surface area contributed by atoms with Gasteiger partial charge in [-0.1, -0.05) is 18.2 Å². The molecular formula is C16H17N5O2S. The van der Waals surface area contributed by atoms with Gasteiger partial charge in [0.2, 0.25) is 5.91 Å². The summed E-state index contributed by atoms with van der Waals surface area (Å²) >= 11 is 4.77. The number of nitrogens with zero attached hydrogens (tertiary/aromatic N) is 1. The maximum Gasteiger partial charge on any atom is 0.273 e. The van der Waals surface area contributed by atoms with Gasteiger partial charge in [-0.3, -0.25) is 19.7 Å². The normalized spacial score (nSPS) is 10.8. The van der Waals surface area contributed by atoms with Crippen LogP contribution in [0.25, 0.3) is 10.9 Å². The summed E-state index contributed by atoms with van der Waals surface area (Å²) in [6, 6.07) is 8.05. The largest absolute Gasteiger partial charge is 0.361 e. The van der Waals surface area contributed by atoms with Gasteiger partial charge in [-0.2, -0.15) is 5.10 Å². The molecule has 0 fully saturated rings. The number of aromatic nitrogens is 4. The minimum absolute atomic E-state index is 0.113. The van der Waals surface area contributed by atoms with E-state index >= 15 is 0 Å². The second-order valence-electron chi connectivity index (χ2n) is 5.41. The van der Waals surface area contributed by atoms with Crippen LogP contribution in [0.4, 0.5) is 0 Å². The summed E-state index contributed by atoms with van der Waals surface area (Å²) in [5, 5.41) is 10.4. The quantitative estimate of drug-likeness (QED) is 0.510. The lowest BCUT2D eigenvalue weighted by Gasteiger charge is -2.04. The number of carbonyl (C=O) groups is 1. The SMILES string of the molecule is O=C(CCc1n[nH]c(=S)[nH]c1=O)NCCc1c[nH]c2ccccc12. The molecule has 0 aliphatic rings. The number of carbonyl (C=O) groups excluding carboxylic acids is 1. The highest BCUT2D eigenvalue weighted by Gasteiger charge is 2.07. The van der Waals surface area contributed by atoms with Gasteiger partial charge in [0.1, 0.15) is 5.69 Å². The van der Waals surface area contributed by atoms with Crippen molar-refractivity contribution in [2.24, 2.45) is 0 Å². The number of para-hydroxylation sites is 1. The molecule has 0 bridgehead atoms. The van der Waals surface area contributed by atoms with Gasteiger partial charge < -0.3 is 10.3 Å². The third-order valence-electron chi connectivity index (χ3n) is 3.76. The number of hydrogen-bond acceptors (Lipinski definition) is 4. The van der Waals surface area contributed by atoms with Crippen LogP contribution in [0.3, 0.4) is 0 Å².